The van der Waals surface area contributed by atoms with Crippen LogP contribution in [0.4, 0.5) is 15.9 Å². The standard InChI is InChI=1S/C14H15ClFN3/c1-3-9-8-14(19-13(4-2)17-9)18-10-5-6-12(16)11(15)7-10/h5-8H,3-4H2,1-2H3,(H,17,18,19). The van der Waals surface area contributed by atoms with Crippen LogP contribution in [-0.4, -0.2) is 9.97 Å². The predicted octanol–water partition coefficient (Wildman–Crippen LogP) is 4.14. The quantitative estimate of drug-likeness (QED) is 0.914. The minimum absolute atomic E-state index is 0.0884. The van der Waals surface area contributed by atoms with Crippen molar-refractivity contribution in [1.29, 1.82) is 0 Å². The van der Waals surface area contributed by atoms with Crippen LogP contribution in [0, 0.1) is 5.82 Å². The van der Waals surface area contributed by atoms with Crippen molar-refractivity contribution in [2.75, 3.05) is 5.32 Å². The maximum Gasteiger partial charge on any atom is 0.141 e. The summed E-state index contributed by atoms with van der Waals surface area (Å²) in [4.78, 5) is 8.79. The summed E-state index contributed by atoms with van der Waals surface area (Å²) in [6, 6.07) is 6.38. The number of anilines is 2. The Kier molecular flexibility index (Phi) is 4.32. The monoisotopic (exact) mass is 279 g/mol. The molecule has 0 aliphatic carbocycles. The van der Waals surface area contributed by atoms with E-state index >= 15 is 0 Å². The molecule has 0 atom stereocenters. The third-order valence-corrected chi connectivity index (χ3v) is 2.99. The zero-order chi connectivity index (χ0) is 13.8. The van der Waals surface area contributed by atoms with Gasteiger partial charge < -0.3 is 5.32 Å². The van der Waals surface area contributed by atoms with Gasteiger partial charge in [0, 0.05) is 23.9 Å². The molecule has 2 rings (SSSR count). The van der Waals surface area contributed by atoms with Crippen LogP contribution in [0.2, 0.25) is 5.02 Å². The number of aryl methyl sites for hydroxylation is 2. The van der Waals surface area contributed by atoms with Gasteiger partial charge in [-0.2, -0.15) is 0 Å². The molecule has 1 aromatic heterocycles. The number of hydrogen-bond acceptors (Lipinski definition) is 3. The van der Waals surface area contributed by atoms with Gasteiger partial charge in [-0.1, -0.05) is 25.4 Å². The van der Waals surface area contributed by atoms with Crippen LogP contribution in [0.3, 0.4) is 0 Å². The van der Waals surface area contributed by atoms with E-state index in [1.54, 1.807) is 6.07 Å². The van der Waals surface area contributed by atoms with Gasteiger partial charge in [0.1, 0.15) is 17.5 Å². The molecule has 1 aromatic carbocycles. The highest BCUT2D eigenvalue weighted by Gasteiger charge is 2.05. The molecule has 0 amide bonds. The highest BCUT2D eigenvalue weighted by Crippen LogP contribution is 2.22. The molecule has 0 radical (unpaired) electrons. The van der Waals surface area contributed by atoms with E-state index in [-0.39, 0.29) is 5.02 Å². The number of nitrogens with one attached hydrogen (secondary N) is 1. The molecule has 0 aliphatic rings. The SMILES string of the molecule is CCc1cc(Nc2ccc(F)c(Cl)c2)nc(CC)n1. The average Bonchev–Trinajstić information content (AvgIpc) is 2.42. The van der Waals surface area contributed by atoms with E-state index in [1.165, 1.54) is 12.1 Å². The molecule has 0 unspecified atom stereocenters. The van der Waals surface area contributed by atoms with Gasteiger partial charge in [0.25, 0.3) is 0 Å². The Labute approximate surface area is 116 Å². The predicted molar refractivity (Wildman–Crippen MR) is 75.5 cm³/mol. The van der Waals surface area contributed by atoms with Crippen LogP contribution in [0.25, 0.3) is 0 Å². The van der Waals surface area contributed by atoms with Crippen LogP contribution < -0.4 is 5.32 Å². The summed E-state index contributed by atoms with van der Waals surface area (Å²) in [5.74, 6) is 1.06. The third kappa shape index (κ3) is 3.41. The molecule has 0 bridgehead atoms. The smallest absolute Gasteiger partial charge is 0.141 e. The molecule has 0 saturated carbocycles. The fraction of sp³-hybridized carbons (Fsp3) is 0.286. The number of rotatable bonds is 4. The van der Waals surface area contributed by atoms with Crippen molar-refractivity contribution in [2.24, 2.45) is 0 Å². The molecular formula is C14H15ClFN3. The summed E-state index contributed by atoms with van der Waals surface area (Å²) in [7, 11) is 0. The molecule has 19 heavy (non-hydrogen) atoms. The fourth-order valence-corrected chi connectivity index (χ4v) is 1.86. The minimum atomic E-state index is -0.432. The van der Waals surface area contributed by atoms with Gasteiger partial charge in [-0.15, -0.1) is 0 Å². The summed E-state index contributed by atoms with van der Waals surface area (Å²) in [6.07, 6.45) is 1.61. The molecule has 1 N–H and O–H groups in total. The van der Waals surface area contributed by atoms with Gasteiger partial charge in [-0.05, 0) is 24.6 Å². The maximum atomic E-state index is 13.1. The van der Waals surface area contributed by atoms with Crippen LogP contribution in [0.1, 0.15) is 25.4 Å². The largest absolute Gasteiger partial charge is 0.340 e. The Balaban J connectivity index is 2.29. The van der Waals surface area contributed by atoms with Gasteiger partial charge in [0.2, 0.25) is 0 Å². The summed E-state index contributed by atoms with van der Waals surface area (Å²) in [5, 5.41) is 3.21. The van der Waals surface area contributed by atoms with E-state index < -0.39 is 5.82 Å². The lowest BCUT2D eigenvalue weighted by atomic mass is 10.2. The van der Waals surface area contributed by atoms with Crippen molar-refractivity contribution in [2.45, 2.75) is 26.7 Å². The fourth-order valence-electron chi connectivity index (χ4n) is 1.68. The van der Waals surface area contributed by atoms with E-state index in [0.29, 0.717) is 11.5 Å². The Hall–Kier alpha value is -1.68. The highest BCUT2D eigenvalue weighted by molar-refractivity contribution is 6.31. The summed E-state index contributed by atoms with van der Waals surface area (Å²) < 4.78 is 13.1. The van der Waals surface area contributed by atoms with E-state index in [9.17, 15) is 4.39 Å². The lowest BCUT2D eigenvalue weighted by Gasteiger charge is -2.09. The van der Waals surface area contributed by atoms with Gasteiger partial charge in [-0.25, -0.2) is 14.4 Å². The summed E-state index contributed by atoms with van der Waals surface area (Å²) in [5.41, 5.74) is 1.68. The Morgan fingerprint density at radius 1 is 1.16 bits per heavy atom. The van der Waals surface area contributed by atoms with E-state index in [2.05, 4.69) is 15.3 Å². The molecular weight excluding hydrogens is 265 g/mol. The Bertz CT molecular complexity index is 565. The topological polar surface area (TPSA) is 37.8 Å². The number of aromatic nitrogens is 2. The number of benzene rings is 1. The first-order valence-corrected chi connectivity index (χ1v) is 6.59. The first-order valence-electron chi connectivity index (χ1n) is 6.21. The van der Waals surface area contributed by atoms with E-state index in [0.717, 1.165) is 24.4 Å². The van der Waals surface area contributed by atoms with Crippen molar-refractivity contribution < 1.29 is 4.39 Å². The van der Waals surface area contributed by atoms with Crippen LogP contribution in [0.5, 0.6) is 0 Å². The third-order valence-electron chi connectivity index (χ3n) is 2.70. The average molecular weight is 280 g/mol. The molecule has 0 saturated heterocycles. The van der Waals surface area contributed by atoms with E-state index in [4.69, 9.17) is 11.6 Å². The van der Waals surface area contributed by atoms with Crippen molar-refractivity contribution >= 4 is 23.1 Å². The summed E-state index contributed by atoms with van der Waals surface area (Å²) >= 11 is 5.75. The number of halogens is 2. The molecule has 2 aromatic rings. The normalized spacial score (nSPS) is 10.5. The van der Waals surface area contributed by atoms with Crippen LogP contribution in [-0.2, 0) is 12.8 Å². The number of hydrogen-bond donors (Lipinski definition) is 1. The minimum Gasteiger partial charge on any atom is -0.340 e. The highest BCUT2D eigenvalue weighted by atomic mass is 35.5. The molecule has 0 fully saturated rings. The Morgan fingerprint density at radius 2 is 1.95 bits per heavy atom. The van der Waals surface area contributed by atoms with Crippen molar-refractivity contribution in [3.63, 3.8) is 0 Å². The van der Waals surface area contributed by atoms with Crippen molar-refractivity contribution in [1.82, 2.24) is 9.97 Å². The molecule has 0 spiro atoms. The maximum absolute atomic E-state index is 13.1. The molecule has 3 nitrogen and oxygen atoms in total. The first kappa shape index (κ1) is 13.7. The van der Waals surface area contributed by atoms with Gasteiger partial charge in [0.15, 0.2) is 0 Å². The lowest BCUT2D eigenvalue weighted by molar-refractivity contribution is 0.628. The zero-order valence-corrected chi connectivity index (χ0v) is 11.6. The molecule has 0 aliphatic heterocycles. The molecule has 1 heterocycles. The second kappa shape index (κ2) is 5.97. The number of nitrogens with zero attached hydrogens (tertiary/aromatic N) is 2. The van der Waals surface area contributed by atoms with Crippen LogP contribution >= 0.6 is 11.6 Å². The zero-order valence-electron chi connectivity index (χ0n) is 10.9. The molecule has 100 valence electrons. The molecule has 5 heteroatoms. The van der Waals surface area contributed by atoms with Crippen molar-refractivity contribution in [3.05, 3.63) is 46.6 Å². The second-order valence-corrected chi connectivity index (χ2v) is 4.53. The van der Waals surface area contributed by atoms with Gasteiger partial charge in [-0.3, -0.25) is 0 Å². The summed E-state index contributed by atoms with van der Waals surface area (Å²) in [6.45, 7) is 4.05. The second-order valence-electron chi connectivity index (χ2n) is 4.12. The van der Waals surface area contributed by atoms with Gasteiger partial charge in [0.05, 0.1) is 5.02 Å². The van der Waals surface area contributed by atoms with Crippen molar-refractivity contribution in [3.8, 4) is 0 Å². The van der Waals surface area contributed by atoms with E-state index in [1.807, 2.05) is 19.9 Å². The van der Waals surface area contributed by atoms with Crippen LogP contribution in [0.15, 0.2) is 24.3 Å². The van der Waals surface area contributed by atoms with Gasteiger partial charge >= 0.3 is 0 Å². The Morgan fingerprint density at radius 3 is 2.58 bits per heavy atom. The first-order chi connectivity index (χ1) is 9.12. The lowest BCUT2D eigenvalue weighted by Crippen LogP contribution is -2.02.